The summed E-state index contributed by atoms with van der Waals surface area (Å²) in [4.78, 5) is 6.06. The minimum absolute atomic E-state index is 0.568. The molecule has 1 aliphatic heterocycles. The normalized spacial score (nSPS) is 18.5. The first-order valence-electron chi connectivity index (χ1n) is 5.32. The van der Waals surface area contributed by atoms with Crippen LogP contribution in [0.25, 0.3) is 0 Å². The molecule has 0 bridgehead atoms. The largest absolute Gasteiger partial charge is 0.296 e. The van der Waals surface area contributed by atoms with Crippen LogP contribution in [0.15, 0.2) is 15.9 Å². The third kappa shape index (κ3) is 3.29. The van der Waals surface area contributed by atoms with Crippen LogP contribution in [-0.4, -0.2) is 42.5 Å². The van der Waals surface area contributed by atoms with E-state index < -0.39 is 0 Å². The maximum Gasteiger partial charge on any atom is 0.0866 e. The highest BCUT2D eigenvalue weighted by Crippen LogP contribution is 2.21. The van der Waals surface area contributed by atoms with Crippen molar-refractivity contribution in [2.45, 2.75) is 6.54 Å². The predicted octanol–water partition coefficient (Wildman–Crippen LogP) is 2.15. The lowest BCUT2D eigenvalue weighted by Crippen LogP contribution is -2.45. The third-order valence-corrected chi connectivity index (χ3v) is 4.44. The number of nitrogens with zero attached hydrogens (tertiary/aromatic N) is 3. The Bertz CT molecular complexity index is 377. The Hall–Kier alpha value is -0.410. The Kier molecular flexibility index (Phi) is 4.36. The van der Waals surface area contributed by atoms with Crippen LogP contribution >= 0.6 is 27.3 Å². The second-order valence-electron chi connectivity index (χ2n) is 3.94. The lowest BCUT2D eigenvalue weighted by Gasteiger charge is -2.32. The van der Waals surface area contributed by atoms with Gasteiger partial charge in [-0.15, -0.1) is 11.3 Å². The van der Waals surface area contributed by atoms with Gasteiger partial charge in [0, 0.05) is 47.5 Å². The van der Waals surface area contributed by atoms with Crippen LogP contribution in [0.4, 0.5) is 0 Å². The molecular formula is C11H14BrN3S. The molecule has 1 aliphatic rings. The van der Waals surface area contributed by atoms with E-state index in [1.807, 2.05) is 0 Å². The van der Waals surface area contributed by atoms with Crippen molar-refractivity contribution in [1.82, 2.24) is 9.80 Å². The smallest absolute Gasteiger partial charge is 0.0866 e. The molecule has 2 heterocycles. The summed E-state index contributed by atoms with van der Waals surface area (Å²) in [6.07, 6.45) is 0. The number of hydrogen-bond donors (Lipinski definition) is 0. The van der Waals surface area contributed by atoms with Crippen molar-refractivity contribution in [3.05, 3.63) is 20.8 Å². The van der Waals surface area contributed by atoms with Crippen molar-refractivity contribution in [1.29, 1.82) is 5.26 Å². The molecule has 1 aromatic rings. The summed E-state index contributed by atoms with van der Waals surface area (Å²) < 4.78 is 1.18. The van der Waals surface area contributed by atoms with Crippen molar-refractivity contribution in [3.63, 3.8) is 0 Å². The summed E-state index contributed by atoms with van der Waals surface area (Å²) in [5, 5.41) is 10.7. The van der Waals surface area contributed by atoms with Crippen LogP contribution in [0.2, 0.25) is 0 Å². The van der Waals surface area contributed by atoms with Gasteiger partial charge < -0.3 is 0 Å². The Morgan fingerprint density at radius 3 is 2.56 bits per heavy atom. The fourth-order valence-corrected chi connectivity index (χ4v) is 3.35. The molecule has 0 aromatic carbocycles. The third-order valence-electron chi connectivity index (χ3n) is 2.76. The molecule has 0 aliphatic carbocycles. The molecule has 0 unspecified atom stereocenters. The standard InChI is InChI=1S/C11H14BrN3S/c12-10-7-11(16-9-10)8-15-5-3-14(2-1-13)4-6-15/h7,9H,2-6,8H2. The van der Waals surface area contributed by atoms with E-state index in [0.717, 1.165) is 32.7 Å². The van der Waals surface area contributed by atoms with E-state index in [2.05, 4.69) is 43.2 Å². The molecule has 3 nitrogen and oxygen atoms in total. The van der Waals surface area contributed by atoms with Gasteiger partial charge in [0.05, 0.1) is 12.6 Å². The van der Waals surface area contributed by atoms with E-state index >= 15 is 0 Å². The molecule has 0 radical (unpaired) electrons. The van der Waals surface area contributed by atoms with E-state index in [1.54, 1.807) is 11.3 Å². The van der Waals surface area contributed by atoms with Gasteiger partial charge in [-0.05, 0) is 22.0 Å². The van der Waals surface area contributed by atoms with E-state index in [1.165, 1.54) is 9.35 Å². The van der Waals surface area contributed by atoms with Gasteiger partial charge in [-0.25, -0.2) is 0 Å². The maximum absolute atomic E-state index is 8.61. The van der Waals surface area contributed by atoms with Crippen molar-refractivity contribution in [2.75, 3.05) is 32.7 Å². The zero-order chi connectivity index (χ0) is 11.4. The average Bonchev–Trinajstić information content (AvgIpc) is 2.67. The highest BCUT2D eigenvalue weighted by molar-refractivity contribution is 9.10. The predicted molar refractivity (Wildman–Crippen MR) is 69.3 cm³/mol. The topological polar surface area (TPSA) is 30.3 Å². The number of hydrogen-bond acceptors (Lipinski definition) is 4. The average molecular weight is 300 g/mol. The highest BCUT2D eigenvalue weighted by atomic mass is 79.9. The molecule has 1 fully saturated rings. The Balaban J connectivity index is 1.79. The van der Waals surface area contributed by atoms with Crippen molar-refractivity contribution < 1.29 is 0 Å². The first-order valence-corrected chi connectivity index (χ1v) is 7.00. The molecule has 86 valence electrons. The summed E-state index contributed by atoms with van der Waals surface area (Å²) in [5.41, 5.74) is 0. The van der Waals surface area contributed by atoms with E-state index in [9.17, 15) is 0 Å². The fourth-order valence-electron chi connectivity index (χ4n) is 1.86. The number of rotatable bonds is 3. The number of nitriles is 1. The number of piperazine rings is 1. The zero-order valence-corrected chi connectivity index (χ0v) is 11.4. The minimum Gasteiger partial charge on any atom is -0.296 e. The van der Waals surface area contributed by atoms with Crippen molar-refractivity contribution >= 4 is 27.3 Å². The van der Waals surface area contributed by atoms with Crippen molar-refractivity contribution in [2.24, 2.45) is 0 Å². The number of thiophene rings is 1. The zero-order valence-electron chi connectivity index (χ0n) is 9.03. The van der Waals surface area contributed by atoms with Crippen LogP contribution in [0.5, 0.6) is 0 Å². The summed E-state index contributed by atoms with van der Waals surface area (Å²) in [6.45, 7) is 5.77. The first-order chi connectivity index (χ1) is 7.78. The Morgan fingerprint density at radius 1 is 1.31 bits per heavy atom. The summed E-state index contributed by atoms with van der Waals surface area (Å²) in [7, 11) is 0. The molecular weight excluding hydrogens is 286 g/mol. The van der Waals surface area contributed by atoms with Gasteiger partial charge in [-0.2, -0.15) is 5.26 Å². The Labute approximate surface area is 108 Å². The van der Waals surface area contributed by atoms with Gasteiger partial charge in [-0.1, -0.05) is 0 Å². The molecule has 16 heavy (non-hydrogen) atoms. The molecule has 0 atom stereocenters. The highest BCUT2D eigenvalue weighted by Gasteiger charge is 2.16. The molecule has 1 saturated heterocycles. The monoisotopic (exact) mass is 299 g/mol. The van der Waals surface area contributed by atoms with Crippen LogP contribution < -0.4 is 0 Å². The first kappa shape index (κ1) is 12.1. The summed E-state index contributed by atoms with van der Waals surface area (Å²) >= 11 is 5.27. The molecule has 0 amide bonds. The second kappa shape index (κ2) is 5.78. The lowest BCUT2D eigenvalue weighted by atomic mass is 10.3. The Morgan fingerprint density at radius 2 is 2.00 bits per heavy atom. The van der Waals surface area contributed by atoms with Gasteiger partial charge in [0.25, 0.3) is 0 Å². The molecule has 5 heteroatoms. The van der Waals surface area contributed by atoms with E-state index in [0.29, 0.717) is 6.54 Å². The van der Waals surface area contributed by atoms with Gasteiger partial charge in [0.1, 0.15) is 0 Å². The minimum atomic E-state index is 0.568. The molecule has 0 saturated carbocycles. The SMILES string of the molecule is N#CCN1CCN(Cc2cc(Br)cs2)CC1. The van der Waals surface area contributed by atoms with E-state index in [4.69, 9.17) is 5.26 Å². The van der Waals surface area contributed by atoms with Gasteiger partial charge in [-0.3, -0.25) is 9.80 Å². The van der Waals surface area contributed by atoms with Gasteiger partial charge in [0.15, 0.2) is 0 Å². The molecule has 2 rings (SSSR count). The quantitative estimate of drug-likeness (QED) is 0.801. The van der Waals surface area contributed by atoms with Gasteiger partial charge in [0.2, 0.25) is 0 Å². The molecule has 0 N–H and O–H groups in total. The van der Waals surface area contributed by atoms with E-state index in [-0.39, 0.29) is 0 Å². The van der Waals surface area contributed by atoms with Crippen LogP contribution in [0.1, 0.15) is 4.88 Å². The maximum atomic E-state index is 8.61. The summed E-state index contributed by atoms with van der Waals surface area (Å²) in [6, 6.07) is 4.40. The van der Waals surface area contributed by atoms with Crippen molar-refractivity contribution in [3.8, 4) is 6.07 Å². The lowest BCUT2D eigenvalue weighted by molar-refractivity contribution is 0.139. The number of halogens is 1. The van der Waals surface area contributed by atoms with Crippen LogP contribution in [-0.2, 0) is 6.54 Å². The van der Waals surface area contributed by atoms with Gasteiger partial charge >= 0.3 is 0 Å². The van der Waals surface area contributed by atoms with Crippen LogP contribution in [0.3, 0.4) is 0 Å². The fraction of sp³-hybridized carbons (Fsp3) is 0.545. The molecule has 1 aromatic heterocycles. The molecule has 0 spiro atoms. The second-order valence-corrected chi connectivity index (χ2v) is 5.85. The van der Waals surface area contributed by atoms with Crippen LogP contribution in [0, 0.1) is 11.3 Å². The summed E-state index contributed by atoms with van der Waals surface area (Å²) in [5.74, 6) is 0.